The van der Waals surface area contributed by atoms with Gasteiger partial charge in [-0.2, -0.15) is 13.2 Å². The number of alkyl halides is 3. The van der Waals surface area contributed by atoms with Crippen LogP contribution in [0.5, 0.6) is 0 Å². The van der Waals surface area contributed by atoms with Crippen molar-refractivity contribution in [3.63, 3.8) is 0 Å². The van der Waals surface area contributed by atoms with E-state index in [-0.39, 0.29) is 24.7 Å². The van der Waals surface area contributed by atoms with Crippen molar-refractivity contribution in [1.82, 2.24) is 9.80 Å². The molecule has 3 rings (SSSR count). The number of nitrogens with zero attached hydrogens (tertiary/aromatic N) is 2. The van der Waals surface area contributed by atoms with Gasteiger partial charge < -0.3 is 19.9 Å². The maximum atomic E-state index is 12.7. The maximum Gasteiger partial charge on any atom is 0.417 e. The van der Waals surface area contributed by atoms with Crippen molar-refractivity contribution in [1.29, 1.82) is 0 Å². The van der Waals surface area contributed by atoms with Gasteiger partial charge in [0.05, 0.1) is 29.3 Å². The number of amides is 3. The molecule has 1 N–H and O–H groups in total. The van der Waals surface area contributed by atoms with Crippen molar-refractivity contribution in [3.05, 3.63) is 28.8 Å². The molecule has 2 fully saturated rings. The largest absolute Gasteiger partial charge is 0.417 e. The molecule has 10 heteroatoms. The summed E-state index contributed by atoms with van der Waals surface area (Å²) in [5.41, 5.74) is -1.37. The van der Waals surface area contributed by atoms with Crippen LogP contribution in [0.15, 0.2) is 18.2 Å². The fraction of sp³-hybridized carbons (Fsp3) is 0.500. The summed E-state index contributed by atoms with van der Waals surface area (Å²) in [6.45, 7) is 4.20. The first-order chi connectivity index (χ1) is 12.0. The number of anilines is 1. The Hall–Kier alpha value is -2.00. The summed E-state index contributed by atoms with van der Waals surface area (Å²) >= 11 is 5.65. The van der Waals surface area contributed by atoms with Crippen LogP contribution in [0.3, 0.4) is 0 Å². The van der Waals surface area contributed by atoms with E-state index in [0.29, 0.717) is 6.54 Å². The van der Waals surface area contributed by atoms with E-state index in [2.05, 4.69) is 5.32 Å². The van der Waals surface area contributed by atoms with Gasteiger partial charge in [-0.3, -0.25) is 4.79 Å². The Morgan fingerprint density at radius 1 is 1.38 bits per heavy atom. The van der Waals surface area contributed by atoms with Crippen LogP contribution in [-0.4, -0.2) is 53.2 Å². The van der Waals surface area contributed by atoms with Gasteiger partial charge in [-0.05, 0) is 32.0 Å². The minimum Gasteiger partial charge on any atom is -0.349 e. The molecule has 2 aliphatic heterocycles. The molecule has 0 spiro atoms. The van der Waals surface area contributed by atoms with Gasteiger partial charge in [-0.25, -0.2) is 4.79 Å². The summed E-state index contributed by atoms with van der Waals surface area (Å²) in [6.07, 6.45) is -5.11. The van der Waals surface area contributed by atoms with Gasteiger partial charge in [-0.15, -0.1) is 0 Å². The van der Waals surface area contributed by atoms with Crippen molar-refractivity contribution < 1.29 is 27.5 Å². The Labute approximate surface area is 152 Å². The van der Waals surface area contributed by atoms with Crippen LogP contribution in [0, 0.1) is 0 Å². The Morgan fingerprint density at radius 2 is 2.08 bits per heavy atom. The lowest BCUT2D eigenvalue weighted by Gasteiger charge is -2.35. The van der Waals surface area contributed by atoms with E-state index in [4.69, 9.17) is 16.3 Å². The lowest BCUT2D eigenvalue weighted by Crippen LogP contribution is -2.56. The standard InChI is InChI=1S/C16H17ClF3N3O3/c1-15(2)8-23-12(24)6-22(7-13(23)26-15)14(25)21-9-3-4-10(11(17)5-9)16(18,19)20/h3-5,13H,6-8H2,1-2H3,(H,21,25). The second kappa shape index (κ2) is 6.31. The zero-order valence-corrected chi connectivity index (χ0v) is 14.8. The van der Waals surface area contributed by atoms with Crippen molar-refractivity contribution in [2.45, 2.75) is 31.9 Å². The Balaban J connectivity index is 1.69. The molecule has 26 heavy (non-hydrogen) atoms. The molecular weight excluding hydrogens is 375 g/mol. The molecule has 6 nitrogen and oxygen atoms in total. The smallest absolute Gasteiger partial charge is 0.349 e. The molecule has 1 aromatic rings. The Bertz CT molecular complexity index is 754. The summed E-state index contributed by atoms with van der Waals surface area (Å²) in [5.74, 6) is -0.243. The van der Waals surface area contributed by atoms with Crippen LogP contribution in [0.1, 0.15) is 19.4 Å². The number of rotatable bonds is 1. The minimum absolute atomic E-state index is 0.107. The van der Waals surface area contributed by atoms with E-state index in [0.717, 1.165) is 18.2 Å². The number of piperazine rings is 1. The van der Waals surface area contributed by atoms with E-state index < -0.39 is 34.6 Å². The van der Waals surface area contributed by atoms with Crippen LogP contribution in [-0.2, 0) is 15.7 Å². The van der Waals surface area contributed by atoms with E-state index in [1.165, 1.54) is 4.90 Å². The lowest BCUT2D eigenvalue weighted by atomic mass is 10.1. The van der Waals surface area contributed by atoms with Gasteiger partial charge in [0.25, 0.3) is 0 Å². The zero-order valence-electron chi connectivity index (χ0n) is 14.1. The van der Waals surface area contributed by atoms with Gasteiger partial charge in [0.15, 0.2) is 6.23 Å². The van der Waals surface area contributed by atoms with Crippen molar-refractivity contribution >= 4 is 29.2 Å². The number of halogens is 4. The van der Waals surface area contributed by atoms with Gasteiger partial charge in [0.2, 0.25) is 5.91 Å². The molecule has 3 amide bonds. The third-order valence-corrected chi connectivity index (χ3v) is 4.50. The zero-order chi connectivity index (χ0) is 19.3. The predicted octanol–water partition coefficient (Wildman–Crippen LogP) is 3.17. The number of benzene rings is 1. The van der Waals surface area contributed by atoms with Crippen molar-refractivity contribution in [2.75, 3.05) is 25.0 Å². The molecule has 2 saturated heterocycles. The third-order valence-electron chi connectivity index (χ3n) is 4.19. The number of hydrogen-bond donors (Lipinski definition) is 1. The van der Waals surface area contributed by atoms with Gasteiger partial charge in [-0.1, -0.05) is 11.6 Å². The second-order valence-corrected chi connectivity index (χ2v) is 7.26. The monoisotopic (exact) mass is 391 g/mol. The molecule has 0 radical (unpaired) electrons. The summed E-state index contributed by atoms with van der Waals surface area (Å²) in [6, 6.07) is 2.32. The first kappa shape index (κ1) is 18.8. The fourth-order valence-electron chi connectivity index (χ4n) is 3.05. The molecule has 0 bridgehead atoms. The normalized spacial score (nSPS) is 22.4. The highest BCUT2D eigenvalue weighted by molar-refractivity contribution is 6.31. The highest BCUT2D eigenvalue weighted by Crippen LogP contribution is 2.36. The number of fused-ring (bicyclic) bond motifs is 1. The second-order valence-electron chi connectivity index (χ2n) is 6.86. The molecular formula is C16H17ClF3N3O3. The van der Waals surface area contributed by atoms with Crippen LogP contribution in [0.25, 0.3) is 0 Å². The van der Waals surface area contributed by atoms with Gasteiger partial charge in [0.1, 0.15) is 6.54 Å². The molecule has 1 aromatic carbocycles. The Kier molecular flexibility index (Phi) is 4.56. The summed E-state index contributed by atoms with van der Waals surface area (Å²) < 4.78 is 43.9. The molecule has 0 aliphatic carbocycles. The topological polar surface area (TPSA) is 61.9 Å². The minimum atomic E-state index is -4.57. The van der Waals surface area contributed by atoms with Crippen molar-refractivity contribution in [3.8, 4) is 0 Å². The lowest BCUT2D eigenvalue weighted by molar-refractivity contribution is -0.144. The van der Waals surface area contributed by atoms with E-state index in [1.54, 1.807) is 4.90 Å². The van der Waals surface area contributed by atoms with Crippen LogP contribution < -0.4 is 5.32 Å². The highest BCUT2D eigenvalue weighted by atomic mass is 35.5. The van der Waals surface area contributed by atoms with E-state index in [1.807, 2.05) is 13.8 Å². The van der Waals surface area contributed by atoms with Crippen LogP contribution >= 0.6 is 11.6 Å². The van der Waals surface area contributed by atoms with Crippen LogP contribution in [0.4, 0.5) is 23.7 Å². The SMILES string of the molecule is CC1(C)CN2C(=O)CN(C(=O)Nc3ccc(C(F)(F)F)c(Cl)c3)CC2O1. The number of carbonyl (C=O) groups is 2. The molecule has 0 saturated carbocycles. The molecule has 0 aromatic heterocycles. The van der Waals surface area contributed by atoms with E-state index >= 15 is 0 Å². The molecule has 142 valence electrons. The summed E-state index contributed by atoms with van der Waals surface area (Å²) in [7, 11) is 0. The van der Waals surface area contributed by atoms with Crippen molar-refractivity contribution in [2.24, 2.45) is 0 Å². The van der Waals surface area contributed by atoms with E-state index in [9.17, 15) is 22.8 Å². The first-order valence-corrected chi connectivity index (χ1v) is 8.24. The fourth-order valence-corrected chi connectivity index (χ4v) is 3.34. The molecule has 1 atom stereocenters. The predicted molar refractivity (Wildman–Crippen MR) is 87.7 cm³/mol. The average molecular weight is 392 g/mol. The summed E-state index contributed by atoms with van der Waals surface area (Å²) in [5, 5.41) is 1.94. The molecule has 1 unspecified atom stereocenters. The number of nitrogens with one attached hydrogen (secondary N) is 1. The van der Waals surface area contributed by atoms with Gasteiger partial charge >= 0.3 is 12.2 Å². The molecule has 2 aliphatic rings. The highest BCUT2D eigenvalue weighted by Gasteiger charge is 2.45. The number of ether oxygens (including phenoxy) is 1. The number of hydrogen-bond acceptors (Lipinski definition) is 3. The Morgan fingerprint density at radius 3 is 2.69 bits per heavy atom. The number of urea groups is 1. The summed E-state index contributed by atoms with van der Waals surface area (Å²) in [4.78, 5) is 27.4. The maximum absolute atomic E-state index is 12.7. The first-order valence-electron chi connectivity index (χ1n) is 7.86. The third kappa shape index (κ3) is 3.73. The molecule has 2 heterocycles. The average Bonchev–Trinajstić information content (AvgIpc) is 2.80. The quantitative estimate of drug-likeness (QED) is 0.800. The van der Waals surface area contributed by atoms with Crippen LogP contribution in [0.2, 0.25) is 5.02 Å². The van der Waals surface area contributed by atoms with Gasteiger partial charge in [0, 0.05) is 5.69 Å². The number of carbonyl (C=O) groups excluding carboxylic acids is 2.